The standard InChI is InChI=1S/C5H9NO2/c6-4-2-1-3-5(4,7)8/h2,7-8H,1,3,6H2. The number of hydrogen-bond donors (Lipinski definition) is 3. The van der Waals surface area contributed by atoms with Gasteiger partial charge in [-0.25, -0.2) is 0 Å². The van der Waals surface area contributed by atoms with Gasteiger partial charge in [0.15, 0.2) is 0 Å². The van der Waals surface area contributed by atoms with Crippen LogP contribution in [0.3, 0.4) is 0 Å². The van der Waals surface area contributed by atoms with E-state index in [4.69, 9.17) is 15.9 Å². The average Bonchev–Trinajstić information content (AvgIpc) is 1.86. The Kier molecular flexibility index (Phi) is 1.03. The molecule has 0 aliphatic heterocycles. The van der Waals surface area contributed by atoms with E-state index in [0.29, 0.717) is 12.8 Å². The summed E-state index contributed by atoms with van der Waals surface area (Å²) in [7, 11) is 0. The molecular weight excluding hydrogens is 106 g/mol. The Morgan fingerprint density at radius 2 is 2.25 bits per heavy atom. The van der Waals surface area contributed by atoms with E-state index in [1.165, 1.54) is 0 Å². The predicted octanol–water partition coefficient (Wildman–Crippen LogP) is -0.696. The van der Waals surface area contributed by atoms with Gasteiger partial charge < -0.3 is 15.9 Å². The van der Waals surface area contributed by atoms with Crippen LogP contribution in [-0.4, -0.2) is 16.0 Å². The molecule has 0 aromatic rings. The quantitative estimate of drug-likeness (QED) is 0.366. The van der Waals surface area contributed by atoms with Crippen molar-refractivity contribution in [2.75, 3.05) is 0 Å². The van der Waals surface area contributed by atoms with Gasteiger partial charge >= 0.3 is 0 Å². The van der Waals surface area contributed by atoms with Crippen LogP contribution in [-0.2, 0) is 0 Å². The van der Waals surface area contributed by atoms with E-state index in [1.54, 1.807) is 6.08 Å². The zero-order valence-electron chi connectivity index (χ0n) is 4.46. The summed E-state index contributed by atoms with van der Waals surface area (Å²) in [4.78, 5) is 0. The highest BCUT2D eigenvalue weighted by Crippen LogP contribution is 2.22. The number of hydrogen-bond acceptors (Lipinski definition) is 3. The van der Waals surface area contributed by atoms with Gasteiger partial charge in [0.25, 0.3) is 0 Å². The summed E-state index contributed by atoms with van der Waals surface area (Å²) in [6.45, 7) is 0. The van der Waals surface area contributed by atoms with Crippen molar-refractivity contribution in [3.63, 3.8) is 0 Å². The first-order valence-corrected chi connectivity index (χ1v) is 2.54. The second-order valence-corrected chi connectivity index (χ2v) is 2.01. The zero-order valence-corrected chi connectivity index (χ0v) is 4.46. The minimum Gasteiger partial charge on any atom is -0.398 e. The van der Waals surface area contributed by atoms with Crippen molar-refractivity contribution in [3.8, 4) is 0 Å². The largest absolute Gasteiger partial charge is 0.398 e. The molecule has 3 heteroatoms. The highest BCUT2D eigenvalue weighted by Gasteiger charge is 2.29. The molecule has 0 fully saturated rings. The molecule has 1 aliphatic carbocycles. The highest BCUT2D eigenvalue weighted by atomic mass is 16.5. The second-order valence-electron chi connectivity index (χ2n) is 2.01. The van der Waals surface area contributed by atoms with Crippen LogP contribution >= 0.6 is 0 Å². The molecule has 0 atom stereocenters. The van der Waals surface area contributed by atoms with Crippen LogP contribution < -0.4 is 5.73 Å². The normalized spacial score (nSPS) is 25.5. The molecule has 0 radical (unpaired) electrons. The van der Waals surface area contributed by atoms with Crippen LogP contribution in [0.5, 0.6) is 0 Å². The summed E-state index contributed by atoms with van der Waals surface area (Å²) in [6.07, 6.45) is 2.62. The van der Waals surface area contributed by atoms with Crippen molar-refractivity contribution in [1.29, 1.82) is 0 Å². The van der Waals surface area contributed by atoms with Crippen LogP contribution in [0.2, 0.25) is 0 Å². The molecule has 1 aliphatic rings. The predicted molar refractivity (Wildman–Crippen MR) is 28.7 cm³/mol. The molecule has 0 unspecified atom stereocenters. The first-order valence-electron chi connectivity index (χ1n) is 2.54. The lowest BCUT2D eigenvalue weighted by atomic mass is 10.2. The molecule has 1 rings (SSSR count). The van der Waals surface area contributed by atoms with Crippen molar-refractivity contribution < 1.29 is 10.2 Å². The number of aliphatic hydroxyl groups is 2. The molecule has 0 aromatic heterocycles. The molecule has 46 valence electrons. The maximum Gasteiger partial charge on any atom is 0.204 e. The topological polar surface area (TPSA) is 66.5 Å². The van der Waals surface area contributed by atoms with Crippen molar-refractivity contribution >= 4 is 0 Å². The monoisotopic (exact) mass is 115 g/mol. The molecule has 0 saturated carbocycles. The molecule has 0 spiro atoms. The van der Waals surface area contributed by atoms with Crippen LogP contribution in [0.15, 0.2) is 11.8 Å². The van der Waals surface area contributed by atoms with E-state index in [1.807, 2.05) is 0 Å². The Bertz CT molecular complexity index is 128. The van der Waals surface area contributed by atoms with Gasteiger partial charge in [-0.2, -0.15) is 0 Å². The Morgan fingerprint density at radius 1 is 1.62 bits per heavy atom. The summed E-state index contributed by atoms with van der Waals surface area (Å²) in [5, 5.41) is 17.7. The fraction of sp³-hybridized carbons (Fsp3) is 0.600. The Hall–Kier alpha value is -0.540. The van der Waals surface area contributed by atoms with E-state index in [2.05, 4.69) is 0 Å². The molecule has 3 nitrogen and oxygen atoms in total. The van der Waals surface area contributed by atoms with E-state index in [0.717, 1.165) is 0 Å². The molecule has 0 amide bonds. The molecule has 0 bridgehead atoms. The molecule has 8 heavy (non-hydrogen) atoms. The smallest absolute Gasteiger partial charge is 0.204 e. The average molecular weight is 115 g/mol. The zero-order chi connectivity index (χ0) is 6.20. The van der Waals surface area contributed by atoms with Gasteiger partial charge in [0.2, 0.25) is 5.79 Å². The van der Waals surface area contributed by atoms with Crippen molar-refractivity contribution in [2.24, 2.45) is 5.73 Å². The molecule has 0 aromatic carbocycles. The van der Waals surface area contributed by atoms with Crippen molar-refractivity contribution in [1.82, 2.24) is 0 Å². The van der Waals surface area contributed by atoms with Gasteiger partial charge in [-0.15, -0.1) is 0 Å². The second kappa shape index (κ2) is 1.47. The Labute approximate surface area is 47.4 Å². The van der Waals surface area contributed by atoms with Crippen molar-refractivity contribution in [3.05, 3.63) is 11.8 Å². The number of allylic oxidation sites excluding steroid dienone is 1. The highest BCUT2D eigenvalue weighted by molar-refractivity contribution is 5.13. The number of nitrogens with two attached hydrogens (primary N) is 1. The summed E-state index contributed by atoms with van der Waals surface area (Å²) in [6, 6.07) is 0. The van der Waals surface area contributed by atoms with Crippen LogP contribution in [0, 0.1) is 0 Å². The molecule has 0 saturated heterocycles. The lowest BCUT2D eigenvalue weighted by Gasteiger charge is -2.14. The van der Waals surface area contributed by atoms with E-state index in [-0.39, 0.29) is 5.70 Å². The summed E-state index contributed by atoms with van der Waals surface area (Å²) in [5.41, 5.74) is 5.35. The van der Waals surface area contributed by atoms with E-state index >= 15 is 0 Å². The third-order valence-corrected chi connectivity index (χ3v) is 1.32. The summed E-state index contributed by atoms with van der Waals surface area (Å²) >= 11 is 0. The maximum atomic E-state index is 8.83. The fourth-order valence-electron chi connectivity index (χ4n) is 0.737. The summed E-state index contributed by atoms with van der Waals surface area (Å²) in [5.74, 6) is -1.71. The van der Waals surface area contributed by atoms with E-state index < -0.39 is 5.79 Å². The van der Waals surface area contributed by atoms with Gasteiger partial charge in [-0.3, -0.25) is 0 Å². The van der Waals surface area contributed by atoms with Gasteiger partial charge in [-0.1, -0.05) is 6.08 Å². The SMILES string of the molecule is NC1=CCCC1(O)O. The Morgan fingerprint density at radius 3 is 2.38 bits per heavy atom. The minimum absolute atomic E-state index is 0.178. The third-order valence-electron chi connectivity index (χ3n) is 1.32. The van der Waals surface area contributed by atoms with Crippen LogP contribution in [0.25, 0.3) is 0 Å². The van der Waals surface area contributed by atoms with E-state index in [9.17, 15) is 0 Å². The third kappa shape index (κ3) is 0.700. The van der Waals surface area contributed by atoms with Gasteiger partial charge in [0, 0.05) is 6.42 Å². The maximum absolute atomic E-state index is 8.83. The van der Waals surface area contributed by atoms with Gasteiger partial charge in [0.05, 0.1) is 5.70 Å². The lowest BCUT2D eigenvalue weighted by molar-refractivity contribution is -0.126. The molecule has 4 N–H and O–H groups in total. The minimum atomic E-state index is -1.71. The fourth-order valence-corrected chi connectivity index (χ4v) is 0.737. The van der Waals surface area contributed by atoms with Crippen LogP contribution in [0.4, 0.5) is 0 Å². The molecular formula is C5H9NO2. The first-order chi connectivity index (χ1) is 3.63. The molecule has 0 heterocycles. The van der Waals surface area contributed by atoms with Gasteiger partial charge in [0.1, 0.15) is 0 Å². The van der Waals surface area contributed by atoms with Gasteiger partial charge in [-0.05, 0) is 6.42 Å². The number of rotatable bonds is 0. The lowest BCUT2D eigenvalue weighted by Crippen LogP contribution is -2.31. The first kappa shape index (κ1) is 5.59. The van der Waals surface area contributed by atoms with Crippen LogP contribution in [0.1, 0.15) is 12.8 Å². The Balaban J connectivity index is 2.73. The van der Waals surface area contributed by atoms with Crippen molar-refractivity contribution in [2.45, 2.75) is 18.6 Å². The summed E-state index contributed by atoms with van der Waals surface area (Å²) < 4.78 is 0.